The van der Waals surface area contributed by atoms with Crippen molar-refractivity contribution in [1.82, 2.24) is 15.0 Å². The van der Waals surface area contributed by atoms with Crippen molar-refractivity contribution >= 4 is 0 Å². The molecule has 0 amide bonds. The fraction of sp³-hybridized carbons (Fsp3) is 0.250. The molecular formula is C60H51N3O2. The molecule has 5 heteroatoms. The van der Waals surface area contributed by atoms with Gasteiger partial charge >= 0.3 is 0 Å². The number of rotatable bonds is 5. The Kier molecular flexibility index (Phi) is 8.51. The second-order valence-electron chi connectivity index (χ2n) is 19.9. The zero-order chi connectivity index (χ0) is 43.6. The van der Waals surface area contributed by atoms with Gasteiger partial charge < -0.3 is 9.47 Å². The molecule has 65 heavy (non-hydrogen) atoms. The van der Waals surface area contributed by atoms with Gasteiger partial charge in [0.1, 0.15) is 0 Å². The second-order valence-corrected chi connectivity index (χ2v) is 19.9. The van der Waals surface area contributed by atoms with Gasteiger partial charge in [-0.2, -0.15) is 0 Å². The fourth-order valence-electron chi connectivity index (χ4n) is 13.3. The maximum absolute atomic E-state index is 7.04. The Morgan fingerprint density at radius 2 is 1.14 bits per heavy atom. The molecule has 5 atom stereocenters. The van der Waals surface area contributed by atoms with Gasteiger partial charge in [-0.25, -0.2) is 15.0 Å². The molecule has 8 aromatic rings. The summed E-state index contributed by atoms with van der Waals surface area (Å²) in [5.74, 6) is 7.71. The molecule has 0 radical (unpaired) electrons. The van der Waals surface area contributed by atoms with E-state index in [9.17, 15) is 0 Å². The van der Waals surface area contributed by atoms with Crippen molar-refractivity contribution in [3.63, 3.8) is 0 Å². The molecule has 1 aliphatic heterocycles. The molecule has 2 bridgehead atoms. The number of benzene rings is 7. The molecule has 5 unspecified atom stereocenters. The summed E-state index contributed by atoms with van der Waals surface area (Å²) in [6.07, 6.45) is 6.56. The first-order valence-electron chi connectivity index (χ1n) is 23.7. The molecule has 4 aliphatic carbocycles. The lowest BCUT2D eigenvalue weighted by Crippen LogP contribution is -2.49. The molecule has 318 valence electrons. The van der Waals surface area contributed by atoms with Crippen molar-refractivity contribution in [2.24, 2.45) is 23.7 Å². The lowest BCUT2D eigenvalue weighted by molar-refractivity contribution is 0.0368. The highest BCUT2D eigenvalue weighted by molar-refractivity contribution is 5.90. The minimum absolute atomic E-state index is 0.0132. The normalized spacial score (nSPS) is 22.4. The first-order valence-corrected chi connectivity index (χ1v) is 23.7. The van der Waals surface area contributed by atoms with E-state index in [2.05, 4.69) is 161 Å². The zero-order valence-electron chi connectivity index (χ0n) is 37.4. The summed E-state index contributed by atoms with van der Waals surface area (Å²) < 4.78 is 13.9. The molecule has 0 N–H and O–H groups in total. The van der Waals surface area contributed by atoms with Crippen LogP contribution >= 0.6 is 0 Å². The summed E-state index contributed by atoms with van der Waals surface area (Å²) in [5.41, 5.74) is 15.3. The van der Waals surface area contributed by atoms with E-state index in [0.29, 0.717) is 35.1 Å². The van der Waals surface area contributed by atoms with E-state index in [4.69, 9.17) is 24.4 Å². The van der Waals surface area contributed by atoms with Crippen LogP contribution in [0.3, 0.4) is 0 Å². The number of aromatic nitrogens is 3. The van der Waals surface area contributed by atoms with Crippen LogP contribution in [0, 0.1) is 23.7 Å². The SMILES string of the molecule is CCC1CC2CC(C)C3(c4ccccc4-c4c3ccc3c4Oc4ccc(-c5ccccc5-c5nc(-c6ccccc6)nc(-c6ccc7c(c6)-c6ccccc6C7(C)C)n5)cc4O3)C(C1)C2. The van der Waals surface area contributed by atoms with Gasteiger partial charge in [0.05, 0.1) is 0 Å². The van der Waals surface area contributed by atoms with Gasteiger partial charge in [-0.15, -0.1) is 0 Å². The molecule has 5 aliphatic rings. The molecule has 2 saturated carbocycles. The van der Waals surface area contributed by atoms with Crippen LogP contribution < -0.4 is 9.47 Å². The topological polar surface area (TPSA) is 57.1 Å². The Balaban J connectivity index is 0.891. The quantitative estimate of drug-likeness (QED) is 0.173. The Hall–Kier alpha value is -6.85. The van der Waals surface area contributed by atoms with Gasteiger partial charge in [0.15, 0.2) is 40.5 Å². The average Bonchev–Trinajstić information content (AvgIpc) is 3.78. The molecule has 13 rings (SSSR count). The number of hydrogen-bond acceptors (Lipinski definition) is 5. The maximum atomic E-state index is 7.04. The van der Waals surface area contributed by atoms with E-state index in [1.807, 2.05) is 18.2 Å². The highest BCUT2D eigenvalue weighted by Gasteiger charge is 2.57. The van der Waals surface area contributed by atoms with E-state index in [1.165, 1.54) is 76.6 Å². The molecule has 2 heterocycles. The molecule has 0 saturated heterocycles. The van der Waals surface area contributed by atoms with E-state index >= 15 is 0 Å². The highest BCUT2D eigenvalue weighted by atomic mass is 16.6. The van der Waals surface area contributed by atoms with Crippen LogP contribution in [0.5, 0.6) is 23.0 Å². The second kappa shape index (κ2) is 14.3. The first-order chi connectivity index (χ1) is 31.8. The summed E-state index contributed by atoms with van der Waals surface area (Å²) in [5, 5.41) is 0. The van der Waals surface area contributed by atoms with Gasteiger partial charge in [-0.05, 0) is 124 Å². The van der Waals surface area contributed by atoms with Gasteiger partial charge in [-0.3, -0.25) is 0 Å². The van der Waals surface area contributed by atoms with Crippen molar-refractivity contribution in [1.29, 1.82) is 0 Å². The number of fused-ring (bicyclic) bond motifs is 14. The van der Waals surface area contributed by atoms with Gasteiger partial charge in [0.2, 0.25) is 0 Å². The Labute approximate surface area is 381 Å². The lowest BCUT2D eigenvalue weighted by atomic mass is 9.49. The number of nitrogens with zero attached hydrogens (tertiary/aromatic N) is 3. The third-order valence-corrected chi connectivity index (χ3v) is 16.2. The molecule has 5 nitrogen and oxygen atoms in total. The third kappa shape index (κ3) is 5.67. The summed E-state index contributed by atoms with van der Waals surface area (Å²) in [7, 11) is 0. The summed E-state index contributed by atoms with van der Waals surface area (Å²) in [4.78, 5) is 15.6. The first kappa shape index (κ1) is 38.6. The minimum Gasteiger partial charge on any atom is -0.449 e. The standard InChI is InChI=1S/C60H51N3O2/c1-5-36-30-37-29-35(2)60(41(31-36)32-37)49-22-14-12-20-45(49)54-50(60)26-28-52-55(54)65-51-27-24-39(34-53(51)64-52)42-17-9-10-19-44(42)58-62-56(38-15-7-6-8-16-38)61-57(63-58)40-23-25-48-46(33-40)43-18-11-13-21-47(43)59(48,3)4/h6-28,33-37,41H,5,29-32H2,1-4H3. The van der Waals surface area contributed by atoms with Crippen LogP contribution in [0.4, 0.5) is 0 Å². The Morgan fingerprint density at radius 1 is 0.492 bits per heavy atom. The third-order valence-electron chi connectivity index (χ3n) is 16.2. The van der Waals surface area contributed by atoms with Crippen LogP contribution in [0.25, 0.3) is 67.5 Å². The van der Waals surface area contributed by atoms with E-state index in [-0.39, 0.29) is 10.8 Å². The highest BCUT2D eigenvalue weighted by Crippen LogP contribution is 2.67. The average molecular weight is 846 g/mol. The van der Waals surface area contributed by atoms with Crippen LogP contribution in [0.1, 0.15) is 82.1 Å². The van der Waals surface area contributed by atoms with E-state index < -0.39 is 0 Å². The van der Waals surface area contributed by atoms with Gasteiger partial charge in [0.25, 0.3) is 0 Å². The monoisotopic (exact) mass is 845 g/mol. The Bertz CT molecular complexity index is 3240. The lowest BCUT2D eigenvalue weighted by Gasteiger charge is -2.54. The molecule has 1 aromatic heterocycles. The van der Waals surface area contributed by atoms with Crippen LogP contribution in [0.2, 0.25) is 0 Å². The summed E-state index contributed by atoms with van der Waals surface area (Å²) in [6, 6.07) is 54.1. The minimum atomic E-state index is -0.0890. The Morgan fingerprint density at radius 3 is 1.95 bits per heavy atom. The van der Waals surface area contributed by atoms with Crippen molar-refractivity contribution in [3.8, 4) is 90.5 Å². The maximum Gasteiger partial charge on any atom is 0.178 e. The van der Waals surface area contributed by atoms with Crippen molar-refractivity contribution < 1.29 is 9.47 Å². The number of hydrogen-bond donors (Lipinski definition) is 0. The zero-order valence-corrected chi connectivity index (χ0v) is 37.4. The smallest absolute Gasteiger partial charge is 0.178 e. The van der Waals surface area contributed by atoms with Crippen LogP contribution in [-0.2, 0) is 10.8 Å². The molecule has 7 aromatic carbocycles. The molecule has 1 spiro atoms. The van der Waals surface area contributed by atoms with Crippen molar-refractivity contribution in [2.45, 2.75) is 70.6 Å². The summed E-state index contributed by atoms with van der Waals surface area (Å²) >= 11 is 0. The predicted molar refractivity (Wildman–Crippen MR) is 260 cm³/mol. The van der Waals surface area contributed by atoms with Crippen LogP contribution in [-0.4, -0.2) is 15.0 Å². The molecule has 2 fully saturated rings. The van der Waals surface area contributed by atoms with Crippen LogP contribution in [0.15, 0.2) is 152 Å². The number of ether oxygens (including phenoxy) is 2. The van der Waals surface area contributed by atoms with Crippen molar-refractivity contribution in [3.05, 3.63) is 174 Å². The predicted octanol–water partition coefficient (Wildman–Crippen LogP) is 15.5. The fourth-order valence-corrected chi connectivity index (χ4v) is 13.3. The molecular weight excluding hydrogens is 795 g/mol. The van der Waals surface area contributed by atoms with E-state index in [0.717, 1.165) is 56.9 Å². The van der Waals surface area contributed by atoms with Gasteiger partial charge in [0, 0.05) is 33.1 Å². The van der Waals surface area contributed by atoms with E-state index in [1.54, 1.807) is 0 Å². The summed E-state index contributed by atoms with van der Waals surface area (Å²) in [6.45, 7) is 9.53. The van der Waals surface area contributed by atoms with Crippen molar-refractivity contribution in [2.75, 3.05) is 0 Å². The largest absolute Gasteiger partial charge is 0.449 e. The van der Waals surface area contributed by atoms with Gasteiger partial charge in [-0.1, -0.05) is 162 Å².